The van der Waals surface area contributed by atoms with Gasteiger partial charge in [0.1, 0.15) is 0 Å². The van der Waals surface area contributed by atoms with Gasteiger partial charge in [0.25, 0.3) is 0 Å². The number of piperidine rings is 1. The lowest BCUT2D eigenvalue weighted by Crippen LogP contribution is -2.60. The van der Waals surface area contributed by atoms with Gasteiger partial charge in [-0.3, -0.25) is 14.7 Å². The lowest BCUT2D eigenvalue weighted by atomic mass is 9.87. The molecule has 3 rings (SSSR count). The molecule has 2 aliphatic heterocycles. The number of amides is 1. The van der Waals surface area contributed by atoms with Gasteiger partial charge in [0.15, 0.2) is 0 Å². The fourth-order valence-electron chi connectivity index (χ4n) is 3.82. The number of hydrogen-bond donors (Lipinski definition) is 0. The second-order valence-corrected chi connectivity index (χ2v) is 6.91. The molecule has 2 saturated heterocycles. The summed E-state index contributed by atoms with van der Waals surface area (Å²) in [4.78, 5) is 20.9. The Hall–Kier alpha value is -1.46. The van der Waals surface area contributed by atoms with Crippen molar-refractivity contribution in [3.05, 3.63) is 30.1 Å². The Balaban J connectivity index is 1.63. The van der Waals surface area contributed by atoms with Crippen LogP contribution in [0.25, 0.3) is 0 Å². The standard InChI is InChI=1S/C18H27N3O2/c1-13(2)18(22)20-9-6-15(7-10-20)21-12-16(23-3)17(21)14-5-4-8-19-11-14/h4-5,8,11,13,15-17H,6-7,9-10,12H2,1-3H3. The van der Waals surface area contributed by atoms with Crippen molar-refractivity contribution in [1.29, 1.82) is 0 Å². The van der Waals surface area contributed by atoms with Gasteiger partial charge in [0.05, 0.1) is 12.1 Å². The van der Waals surface area contributed by atoms with Crippen LogP contribution in [-0.4, -0.2) is 59.6 Å². The minimum Gasteiger partial charge on any atom is -0.378 e. The zero-order valence-electron chi connectivity index (χ0n) is 14.3. The molecule has 2 fully saturated rings. The second kappa shape index (κ2) is 6.97. The maximum atomic E-state index is 12.1. The fraction of sp³-hybridized carbons (Fsp3) is 0.667. The molecule has 1 amide bonds. The van der Waals surface area contributed by atoms with E-state index in [2.05, 4.69) is 16.0 Å². The summed E-state index contributed by atoms with van der Waals surface area (Å²) in [6.07, 6.45) is 6.09. The quantitative estimate of drug-likeness (QED) is 0.853. The number of methoxy groups -OCH3 is 1. The summed E-state index contributed by atoms with van der Waals surface area (Å²) >= 11 is 0. The highest BCUT2D eigenvalue weighted by atomic mass is 16.5. The number of hydrogen-bond acceptors (Lipinski definition) is 4. The largest absolute Gasteiger partial charge is 0.378 e. The van der Waals surface area contributed by atoms with Crippen molar-refractivity contribution in [2.24, 2.45) is 5.92 Å². The molecular weight excluding hydrogens is 290 g/mol. The first-order valence-electron chi connectivity index (χ1n) is 8.59. The zero-order chi connectivity index (χ0) is 16.4. The minimum atomic E-state index is 0.0940. The molecule has 0 bridgehead atoms. The fourth-order valence-corrected chi connectivity index (χ4v) is 3.82. The van der Waals surface area contributed by atoms with Gasteiger partial charge in [-0.15, -0.1) is 0 Å². The van der Waals surface area contributed by atoms with E-state index in [0.29, 0.717) is 12.1 Å². The number of ether oxygens (including phenoxy) is 1. The van der Waals surface area contributed by atoms with E-state index in [-0.39, 0.29) is 17.9 Å². The van der Waals surface area contributed by atoms with E-state index in [4.69, 9.17) is 4.74 Å². The third-order valence-corrected chi connectivity index (χ3v) is 5.17. The Bertz CT molecular complexity index is 526. The van der Waals surface area contributed by atoms with E-state index >= 15 is 0 Å². The molecule has 3 heterocycles. The van der Waals surface area contributed by atoms with Gasteiger partial charge in [-0.25, -0.2) is 0 Å². The maximum Gasteiger partial charge on any atom is 0.225 e. The highest BCUT2D eigenvalue weighted by Crippen LogP contribution is 2.39. The molecule has 126 valence electrons. The van der Waals surface area contributed by atoms with E-state index in [1.807, 2.05) is 37.2 Å². The normalized spacial score (nSPS) is 26.3. The summed E-state index contributed by atoms with van der Waals surface area (Å²) in [6.45, 7) is 6.67. The average molecular weight is 317 g/mol. The van der Waals surface area contributed by atoms with Crippen molar-refractivity contribution >= 4 is 5.91 Å². The van der Waals surface area contributed by atoms with Crippen LogP contribution in [0, 0.1) is 5.92 Å². The van der Waals surface area contributed by atoms with Gasteiger partial charge >= 0.3 is 0 Å². The van der Waals surface area contributed by atoms with Gasteiger partial charge in [0, 0.05) is 51.1 Å². The monoisotopic (exact) mass is 317 g/mol. The van der Waals surface area contributed by atoms with E-state index < -0.39 is 0 Å². The van der Waals surface area contributed by atoms with Crippen LogP contribution < -0.4 is 0 Å². The van der Waals surface area contributed by atoms with Crippen LogP contribution >= 0.6 is 0 Å². The molecule has 0 radical (unpaired) electrons. The molecule has 23 heavy (non-hydrogen) atoms. The summed E-state index contributed by atoms with van der Waals surface area (Å²) in [7, 11) is 1.79. The first kappa shape index (κ1) is 16.4. The van der Waals surface area contributed by atoms with E-state index in [9.17, 15) is 4.79 Å². The number of aromatic nitrogens is 1. The highest BCUT2D eigenvalue weighted by Gasteiger charge is 2.44. The van der Waals surface area contributed by atoms with E-state index in [1.54, 1.807) is 7.11 Å². The Labute approximate surface area is 138 Å². The number of likely N-dealkylation sites (tertiary alicyclic amines) is 2. The predicted molar refractivity (Wildman–Crippen MR) is 88.9 cm³/mol. The molecular formula is C18H27N3O2. The van der Waals surface area contributed by atoms with Crippen molar-refractivity contribution in [2.45, 2.75) is 44.9 Å². The van der Waals surface area contributed by atoms with Crippen LogP contribution in [0.2, 0.25) is 0 Å². The second-order valence-electron chi connectivity index (χ2n) is 6.91. The molecule has 5 heteroatoms. The Morgan fingerprint density at radius 3 is 2.65 bits per heavy atom. The van der Waals surface area contributed by atoms with Gasteiger partial charge in [0.2, 0.25) is 5.91 Å². The van der Waals surface area contributed by atoms with Crippen LogP contribution in [-0.2, 0) is 9.53 Å². The van der Waals surface area contributed by atoms with Crippen LogP contribution in [0.3, 0.4) is 0 Å². The number of carbonyl (C=O) groups excluding carboxylic acids is 1. The number of nitrogens with zero attached hydrogens (tertiary/aromatic N) is 3. The number of carbonyl (C=O) groups is 1. The summed E-state index contributed by atoms with van der Waals surface area (Å²) in [5.41, 5.74) is 1.23. The third-order valence-electron chi connectivity index (χ3n) is 5.17. The molecule has 2 aliphatic rings. The predicted octanol–water partition coefficient (Wildman–Crippen LogP) is 2.10. The average Bonchev–Trinajstić information content (AvgIpc) is 2.55. The van der Waals surface area contributed by atoms with Crippen molar-refractivity contribution in [3.8, 4) is 0 Å². The van der Waals surface area contributed by atoms with Gasteiger partial charge < -0.3 is 9.64 Å². The van der Waals surface area contributed by atoms with E-state index in [1.165, 1.54) is 5.56 Å². The summed E-state index contributed by atoms with van der Waals surface area (Å²) in [5.74, 6) is 0.377. The molecule has 0 spiro atoms. The van der Waals surface area contributed by atoms with Gasteiger partial charge in [-0.1, -0.05) is 19.9 Å². The smallest absolute Gasteiger partial charge is 0.225 e. The molecule has 0 N–H and O–H groups in total. The first-order chi connectivity index (χ1) is 11.1. The number of rotatable bonds is 4. The molecule has 1 aromatic heterocycles. The zero-order valence-corrected chi connectivity index (χ0v) is 14.3. The molecule has 1 aromatic rings. The minimum absolute atomic E-state index is 0.0940. The molecule has 0 aromatic carbocycles. The number of pyridine rings is 1. The Morgan fingerprint density at radius 1 is 1.35 bits per heavy atom. The van der Waals surface area contributed by atoms with Gasteiger partial charge in [-0.05, 0) is 24.5 Å². The van der Waals surface area contributed by atoms with E-state index in [0.717, 1.165) is 32.5 Å². The Kier molecular flexibility index (Phi) is 4.97. The van der Waals surface area contributed by atoms with Crippen LogP contribution in [0.4, 0.5) is 0 Å². The Morgan fingerprint density at radius 2 is 2.09 bits per heavy atom. The topological polar surface area (TPSA) is 45.7 Å². The highest BCUT2D eigenvalue weighted by molar-refractivity contribution is 5.78. The molecule has 0 saturated carbocycles. The van der Waals surface area contributed by atoms with Crippen molar-refractivity contribution in [2.75, 3.05) is 26.7 Å². The van der Waals surface area contributed by atoms with Crippen molar-refractivity contribution in [1.82, 2.24) is 14.8 Å². The first-order valence-corrected chi connectivity index (χ1v) is 8.59. The summed E-state index contributed by atoms with van der Waals surface area (Å²) in [6, 6.07) is 4.95. The van der Waals surface area contributed by atoms with Crippen LogP contribution in [0.1, 0.15) is 38.3 Å². The van der Waals surface area contributed by atoms with Crippen molar-refractivity contribution in [3.63, 3.8) is 0 Å². The molecule has 5 nitrogen and oxygen atoms in total. The molecule has 0 aliphatic carbocycles. The SMILES string of the molecule is COC1CN(C2CCN(C(=O)C(C)C)CC2)C1c1cccnc1. The lowest BCUT2D eigenvalue weighted by molar-refractivity contribution is -0.140. The van der Waals surface area contributed by atoms with Gasteiger partial charge in [-0.2, -0.15) is 0 Å². The third kappa shape index (κ3) is 3.26. The molecule has 2 unspecified atom stereocenters. The van der Waals surface area contributed by atoms with Crippen LogP contribution in [0.5, 0.6) is 0 Å². The van der Waals surface area contributed by atoms with Crippen LogP contribution in [0.15, 0.2) is 24.5 Å². The summed E-state index contributed by atoms with van der Waals surface area (Å²) in [5, 5.41) is 0. The summed E-state index contributed by atoms with van der Waals surface area (Å²) < 4.78 is 5.63. The lowest BCUT2D eigenvalue weighted by Gasteiger charge is -2.53. The maximum absolute atomic E-state index is 12.1. The van der Waals surface area contributed by atoms with Crippen molar-refractivity contribution < 1.29 is 9.53 Å². The molecule has 2 atom stereocenters.